The van der Waals surface area contributed by atoms with E-state index in [1.165, 1.54) is 12.4 Å². The van der Waals surface area contributed by atoms with Crippen molar-refractivity contribution in [2.75, 3.05) is 25.0 Å². The summed E-state index contributed by atoms with van der Waals surface area (Å²) in [5.74, 6) is -0.310. The maximum absolute atomic E-state index is 12.0. The fourth-order valence-electron chi connectivity index (χ4n) is 3.32. The van der Waals surface area contributed by atoms with Gasteiger partial charge >= 0.3 is 6.09 Å². The molecule has 9 heteroatoms. The van der Waals surface area contributed by atoms with E-state index in [4.69, 9.17) is 9.94 Å². The third-order valence-electron chi connectivity index (χ3n) is 4.84. The van der Waals surface area contributed by atoms with Gasteiger partial charge in [0.2, 0.25) is 5.95 Å². The van der Waals surface area contributed by atoms with Crippen LogP contribution in [0.15, 0.2) is 42.7 Å². The summed E-state index contributed by atoms with van der Waals surface area (Å²) in [5, 5.41) is 12.1. The topological polar surface area (TPSA) is 117 Å². The van der Waals surface area contributed by atoms with E-state index in [0.717, 1.165) is 5.56 Å². The summed E-state index contributed by atoms with van der Waals surface area (Å²) in [5.41, 5.74) is 2.32. The van der Waals surface area contributed by atoms with Gasteiger partial charge in [0.15, 0.2) is 0 Å². The molecule has 1 aromatic carbocycles. The van der Waals surface area contributed by atoms with Crippen LogP contribution in [-0.4, -0.2) is 51.8 Å². The molecule has 1 saturated heterocycles. The second kappa shape index (κ2) is 8.66. The first-order valence-electron chi connectivity index (χ1n) is 9.10. The molecule has 0 radical (unpaired) electrons. The molecule has 2 aromatic rings. The highest BCUT2D eigenvalue weighted by Gasteiger charge is 2.38. The number of ether oxygens (including phenoxy) is 1. The molecule has 148 valence electrons. The Balaban J connectivity index is 1.81. The minimum atomic E-state index is -0.674. The standard InChI is InChI=1S/C19H23N5O4/c1-2-28-18(26)24-10-8-19(9-11-24,15-6-4-3-5-7-15)22-17-20-12-14(13-21-17)16(25)23-27/h3-7,12-13,27H,2,8-11H2,1H3,(H,23,25)(H,20,21,22). The van der Waals surface area contributed by atoms with E-state index in [2.05, 4.69) is 15.3 Å². The van der Waals surface area contributed by atoms with Crippen LogP contribution in [0.3, 0.4) is 0 Å². The van der Waals surface area contributed by atoms with Crippen molar-refractivity contribution in [3.8, 4) is 0 Å². The van der Waals surface area contributed by atoms with Crippen LogP contribution in [-0.2, 0) is 10.3 Å². The Labute approximate surface area is 162 Å². The summed E-state index contributed by atoms with van der Waals surface area (Å²) < 4.78 is 5.10. The number of aromatic nitrogens is 2. The predicted molar refractivity (Wildman–Crippen MR) is 101 cm³/mol. The molecular formula is C19H23N5O4. The number of carbonyl (C=O) groups is 2. The van der Waals surface area contributed by atoms with Gasteiger partial charge in [0.05, 0.1) is 17.7 Å². The first-order chi connectivity index (χ1) is 13.6. The number of amides is 2. The summed E-state index contributed by atoms with van der Waals surface area (Å²) in [6.07, 6.45) is 3.68. The fraction of sp³-hybridized carbons (Fsp3) is 0.368. The van der Waals surface area contributed by atoms with Gasteiger partial charge < -0.3 is 15.0 Å². The highest BCUT2D eigenvalue weighted by molar-refractivity contribution is 5.92. The zero-order valence-corrected chi connectivity index (χ0v) is 15.6. The van der Waals surface area contributed by atoms with Gasteiger partial charge in [0.25, 0.3) is 5.91 Å². The minimum Gasteiger partial charge on any atom is -0.450 e. The van der Waals surface area contributed by atoms with Crippen molar-refractivity contribution in [1.29, 1.82) is 0 Å². The van der Waals surface area contributed by atoms with Gasteiger partial charge in [0.1, 0.15) is 0 Å². The summed E-state index contributed by atoms with van der Waals surface area (Å²) in [7, 11) is 0. The second-order valence-electron chi connectivity index (χ2n) is 6.50. The van der Waals surface area contributed by atoms with E-state index in [-0.39, 0.29) is 11.7 Å². The molecule has 28 heavy (non-hydrogen) atoms. The highest BCUT2D eigenvalue weighted by atomic mass is 16.6. The molecule has 1 aliphatic rings. The van der Waals surface area contributed by atoms with Crippen LogP contribution in [0.4, 0.5) is 10.7 Å². The van der Waals surface area contributed by atoms with Gasteiger partial charge in [-0.3, -0.25) is 10.0 Å². The van der Waals surface area contributed by atoms with Crippen LogP contribution >= 0.6 is 0 Å². The third-order valence-corrected chi connectivity index (χ3v) is 4.84. The number of hydroxylamine groups is 1. The summed E-state index contributed by atoms with van der Waals surface area (Å²) in [6.45, 7) is 3.20. The number of hydrogen-bond acceptors (Lipinski definition) is 7. The van der Waals surface area contributed by atoms with Crippen molar-refractivity contribution < 1.29 is 19.5 Å². The minimum absolute atomic E-state index is 0.152. The second-order valence-corrected chi connectivity index (χ2v) is 6.50. The van der Waals surface area contributed by atoms with Crippen LogP contribution < -0.4 is 10.8 Å². The molecule has 2 heterocycles. The predicted octanol–water partition coefficient (Wildman–Crippen LogP) is 2.16. The number of benzene rings is 1. The molecule has 2 amide bonds. The van der Waals surface area contributed by atoms with Crippen molar-refractivity contribution in [1.82, 2.24) is 20.3 Å². The van der Waals surface area contributed by atoms with Crippen LogP contribution in [0.2, 0.25) is 0 Å². The molecule has 0 saturated carbocycles. The summed E-state index contributed by atoms with van der Waals surface area (Å²) >= 11 is 0. The number of hydrogen-bond donors (Lipinski definition) is 3. The average Bonchev–Trinajstić information content (AvgIpc) is 2.75. The molecule has 0 unspecified atom stereocenters. The monoisotopic (exact) mass is 385 g/mol. The molecule has 1 aromatic heterocycles. The molecule has 0 atom stereocenters. The zero-order chi connectivity index (χ0) is 20.0. The van der Waals surface area contributed by atoms with E-state index in [1.54, 1.807) is 17.3 Å². The van der Waals surface area contributed by atoms with Crippen LogP contribution in [0.5, 0.6) is 0 Å². The van der Waals surface area contributed by atoms with E-state index in [9.17, 15) is 9.59 Å². The third kappa shape index (κ3) is 4.20. The number of carbonyl (C=O) groups excluding carboxylic acids is 2. The molecule has 1 fully saturated rings. The fourth-order valence-corrected chi connectivity index (χ4v) is 3.32. The van der Waals surface area contributed by atoms with E-state index >= 15 is 0 Å². The molecular weight excluding hydrogens is 362 g/mol. The molecule has 1 aliphatic heterocycles. The van der Waals surface area contributed by atoms with E-state index in [1.807, 2.05) is 30.3 Å². The Kier molecular flexibility index (Phi) is 6.05. The van der Waals surface area contributed by atoms with Gasteiger partial charge in [-0.25, -0.2) is 20.2 Å². The number of nitrogens with zero attached hydrogens (tertiary/aromatic N) is 3. The first-order valence-corrected chi connectivity index (χ1v) is 9.10. The Morgan fingerprint density at radius 2 is 1.82 bits per heavy atom. The lowest BCUT2D eigenvalue weighted by Crippen LogP contribution is -2.49. The number of nitrogens with one attached hydrogen (secondary N) is 2. The van der Waals surface area contributed by atoms with Gasteiger partial charge in [0, 0.05) is 25.5 Å². The SMILES string of the molecule is CCOC(=O)N1CCC(Nc2ncc(C(=O)NO)cn2)(c2ccccc2)CC1. The lowest BCUT2D eigenvalue weighted by Gasteiger charge is -2.42. The first kappa shape index (κ1) is 19.6. The maximum atomic E-state index is 12.0. The van der Waals surface area contributed by atoms with E-state index in [0.29, 0.717) is 38.5 Å². The Hall–Kier alpha value is -3.20. The van der Waals surface area contributed by atoms with Crippen molar-refractivity contribution in [2.45, 2.75) is 25.3 Å². The van der Waals surface area contributed by atoms with Crippen LogP contribution in [0.25, 0.3) is 0 Å². The molecule has 0 aliphatic carbocycles. The van der Waals surface area contributed by atoms with Gasteiger partial charge in [-0.05, 0) is 25.3 Å². The van der Waals surface area contributed by atoms with Gasteiger partial charge in [-0.2, -0.15) is 0 Å². The summed E-state index contributed by atoms with van der Waals surface area (Å²) in [4.78, 5) is 33.6. The van der Waals surface area contributed by atoms with Crippen molar-refractivity contribution in [3.63, 3.8) is 0 Å². The number of likely N-dealkylation sites (tertiary alicyclic amines) is 1. The van der Waals surface area contributed by atoms with Gasteiger partial charge in [-0.1, -0.05) is 30.3 Å². The Bertz CT molecular complexity index is 805. The van der Waals surface area contributed by atoms with Crippen LogP contribution in [0.1, 0.15) is 35.7 Å². The Morgan fingerprint density at radius 3 is 2.39 bits per heavy atom. The molecule has 3 rings (SSSR count). The molecule has 0 bridgehead atoms. The number of anilines is 1. The molecule has 3 N–H and O–H groups in total. The Morgan fingerprint density at radius 1 is 1.18 bits per heavy atom. The largest absolute Gasteiger partial charge is 0.450 e. The van der Waals surface area contributed by atoms with Crippen molar-refractivity contribution in [3.05, 3.63) is 53.9 Å². The number of piperidine rings is 1. The van der Waals surface area contributed by atoms with Crippen LogP contribution in [0, 0.1) is 0 Å². The quantitative estimate of drug-likeness (QED) is 0.533. The number of rotatable bonds is 5. The van der Waals surface area contributed by atoms with Crippen molar-refractivity contribution >= 4 is 17.9 Å². The molecule has 9 nitrogen and oxygen atoms in total. The normalized spacial score (nSPS) is 15.6. The molecule has 0 spiro atoms. The maximum Gasteiger partial charge on any atom is 0.409 e. The zero-order valence-electron chi connectivity index (χ0n) is 15.6. The lowest BCUT2D eigenvalue weighted by atomic mass is 9.81. The average molecular weight is 385 g/mol. The lowest BCUT2D eigenvalue weighted by molar-refractivity contribution is 0.0705. The van der Waals surface area contributed by atoms with Crippen molar-refractivity contribution in [2.24, 2.45) is 0 Å². The highest BCUT2D eigenvalue weighted by Crippen LogP contribution is 2.35. The van der Waals surface area contributed by atoms with Gasteiger partial charge in [-0.15, -0.1) is 0 Å². The smallest absolute Gasteiger partial charge is 0.409 e. The van der Waals surface area contributed by atoms with E-state index < -0.39 is 11.4 Å². The summed E-state index contributed by atoms with van der Waals surface area (Å²) in [6, 6.07) is 9.93.